The van der Waals surface area contributed by atoms with Crippen LogP contribution in [0.1, 0.15) is 34.1 Å². The van der Waals surface area contributed by atoms with Gasteiger partial charge in [-0.15, -0.1) is 0 Å². The number of carbonyl (C=O) groups is 3. The minimum atomic E-state index is -1.04. The molecule has 5 heteroatoms. The second kappa shape index (κ2) is 6.18. The van der Waals surface area contributed by atoms with Crippen LogP contribution in [-0.4, -0.2) is 24.0 Å². The van der Waals surface area contributed by atoms with Crippen LogP contribution in [0.15, 0.2) is 12.7 Å². The Morgan fingerprint density at radius 2 is 1.76 bits per heavy atom. The third-order valence-electron chi connectivity index (χ3n) is 1.73. The minimum Gasteiger partial charge on any atom is -0.424 e. The van der Waals surface area contributed by atoms with Crippen LogP contribution in [0.25, 0.3) is 0 Å². The molecule has 0 spiro atoms. The molecule has 0 saturated heterocycles. The number of carbonyl (C=O) groups excluding carboxylic acids is 3. The van der Waals surface area contributed by atoms with E-state index in [-0.39, 0.29) is 12.2 Å². The maximum Gasteiger partial charge on any atom is 0.333 e. The molecule has 0 aliphatic carbocycles. The molecular weight excluding hydrogens is 224 g/mol. The fourth-order valence-corrected chi connectivity index (χ4v) is 0.896. The van der Waals surface area contributed by atoms with Gasteiger partial charge in [0.2, 0.25) is 0 Å². The van der Waals surface area contributed by atoms with Crippen LogP contribution in [0.5, 0.6) is 0 Å². The number of esters is 2. The summed E-state index contributed by atoms with van der Waals surface area (Å²) in [5.41, 5.74) is -0.578. The van der Waals surface area contributed by atoms with Gasteiger partial charge in [-0.1, -0.05) is 27.4 Å². The molecule has 0 saturated carbocycles. The average Bonchev–Trinajstić information content (AvgIpc) is 2.13. The van der Waals surface area contributed by atoms with Gasteiger partial charge in [-0.25, -0.2) is 4.79 Å². The summed E-state index contributed by atoms with van der Waals surface area (Å²) in [7, 11) is 0. The monoisotopic (exact) mass is 242 g/mol. The predicted octanol–water partition coefficient (Wildman–Crippen LogP) is 1.61. The van der Waals surface area contributed by atoms with Crippen LogP contribution in [0, 0.1) is 5.41 Å². The summed E-state index contributed by atoms with van der Waals surface area (Å²) in [4.78, 5) is 33.1. The van der Waals surface area contributed by atoms with Gasteiger partial charge in [-0.3, -0.25) is 9.59 Å². The van der Waals surface area contributed by atoms with E-state index in [1.165, 1.54) is 6.92 Å². The molecule has 0 aromatic rings. The van der Waals surface area contributed by atoms with Crippen molar-refractivity contribution in [1.82, 2.24) is 0 Å². The fourth-order valence-electron chi connectivity index (χ4n) is 0.896. The summed E-state index contributed by atoms with van der Waals surface area (Å²) in [5, 5.41) is 0. The summed E-state index contributed by atoms with van der Waals surface area (Å²) in [6, 6.07) is 0. The van der Waals surface area contributed by atoms with Gasteiger partial charge in [0.1, 0.15) is 12.2 Å². The Hall–Kier alpha value is -1.65. The first-order valence-electron chi connectivity index (χ1n) is 5.18. The molecule has 0 N–H and O–H groups in total. The van der Waals surface area contributed by atoms with Gasteiger partial charge >= 0.3 is 11.9 Å². The van der Waals surface area contributed by atoms with Gasteiger partial charge in [0.25, 0.3) is 6.29 Å². The highest BCUT2D eigenvalue weighted by Crippen LogP contribution is 2.24. The largest absolute Gasteiger partial charge is 0.424 e. The molecule has 0 aromatic carbocycles. The van der Waals surface area contributed by atoms with Gasteiger partial charge in [0.05, 0.1) is 0 Å². The van der Waals surface area contributed by atoms with E-state index in [4.69, 9.17) is 9.47 Å². The highest BCUT2D eigenvalue weighted by molar-refractivity contribution is 5.94. The zero-order valence-corrected chi connectivity index (χ0v) is 10.6. The van der Waals surface area contributed by atoms with E-state index >= 15 is 0 Å². The van der Waals surface area contributed by atoms with E-state index in [0.29, 0.717) is 0 Å². The highest BCUT2D eigenvalue weighted by atomic mass is 16.7. The molecule has 5 nitrogen and oxygen atoms in total. The Morgan fingerprint density at radius 1 is 1.24 bits per heavy atom. The first kappa shape index (κ1) is 15.3. The number of rotatable bonds is 5. The van der Waals surface area contributed by atoms with Crippen molar-refractivity contribution in [3.05, 3.63) is 12.7 Å². The molecule has 0 aliphatic heterocycles. The molecule has 0 aromatic heterocycles. The molecule has 96 valence electrons. The van der Waals surface area contributed by atoms with Crippen LogP contribution in [0.2, 0.25) is 0 Å². The standard InChI is InChI=1S/C12H18O5/c1-6-9(14)16-11(12(3,4)5)17-10(15)7-8(2)13/h6,11H,1,7H2,2-5H3. The van der Waals surface area contributed by atoms with Crippen LogP contribution >= 0.6 is 0 Å². The van der Waals surface area contributed by atoms with Crippen molar-refractivity contribution >= 4 is 17.7 Å². The quantitative estimate of drug-likeness (QED) is 0.317. The SMILES string of the molecule is C=CC(=O)OC(OC(=O)CC(C)=O)C(C)(C)C. The van der Waals surface area contributed by atoms with Gasteiger partial charge < -0.3 is 9.47 Å². The lowest BCUT2D eigenvalue weighted by molar-refractivity contribution is -0.203. The van der Waals surface area contributed by atoms with Crippen molar-refractivity contribution in [2.24, 2.45) is 5.41 Å². The Bertz CT molecular complexity index is 324. The Morgan fingerprint density at radius 3 is 2.12 bits per heavy atom. The van der Waals surface area contributed by atoms with E-state index in [9.17, 15) is 14.4 Å². The zero-order chi connectivity index (χ0) is 13.6. The molecular formula is C12H18O5. The summed E-state index contributed by atoms with van der Waals surface area (Å²) >= 11 is 0. The molecule has 0 aliphatic rings. The highest BCUT2D eigenvalue weighted by Gasteiger charge is 2.31. The number of ketones is 1. The first-order chi connectivity index (χ1) is 7.66. The molecule has 0 bridgehead atoms. The lowest BCUT2D eigenvalue weighted by Gasteiger charge is -2.28. The second-order valence-electron chi connectivity index (χ2n) is 4.71. The molecule has 1 unspecified atom stereocenters. The predicted molar refractivity (Wildman–Crippen MR) is 60.9 cm³/mol. The molecule has 0 fully saturated rings. The van der Waals surface area contributed by atoms with Crippen molar-refractivity contribution < 1.29 is 23.9 Å². The van der Waals surface area contributed by atoms with Gasteiger partial charge in [0.15, 0.2) is 0 Å². The lowest BCUT2D eigenvalue weighted by atomic mass is 9.96. The number of Topliss-reactive ketones (excluding diaryl/α,β-unsaturated/α-hetero) is 1. The smallest absolute Gasteiger partial charge is 0.333 e. The van der Waals surface area contributed by atoms with Crippen molar-refractivity contribution in [3.8, 4) is 0 Å². The molecule has 0 rings (SSSR count). The Kier molecular flexibility index (Phi) is 5.58. The summed E-state index contributed by atoms with van der Waals surface area (Å²) in [6.07, 6.45) is -0.393. The molecule has 1 atom stereocenters. The summed E-state index contributed by atoms with van der Waals surface area (Å²) in [6.45, 7) is 9.77. The molecule has 17 heavy (non-hydrogen) atoms. The van der Waals surface area contributed by atoms with E-state index in [0.717, 1.165) is 6.08 Å². The number of hydrogen-bond donors (Lipinski definition) is 0. The van der Waals surface area contributed by atoms with Crippen LogP contribution in [0.3, 0.4) is 0 Å². The van der Waals surface area contributed by atoms with Crippen molar-refractivity contribution in [2.45, 2.75) is 40.4 Å². The maximum atomic E-state index is 11.3. The summed E-state index contributed by atoms with van der Waals surface area (Å²) in [5.74, 6) is -1.70. The van der Waals surface area contributed by atoms with Gasteiger partial charge in [-0.05, 0) is 6.92 Å². The van der Waals surface area contributed by atoms with E-state index in [1.54, 1.807) is 20.8 Å². The van der Waals surface area contributed by atoms with Crippen molar-refractivity contribution in [1.29, 1.82) is 0 Å². The van der Waals surface area contributed by atoms with E-state index in [2.05, 4.69) is 6.58 Å². The molecule has 0 amide bonds. The fraction of sp³-hybridized carbons (Fsp3) is 0.583. The first-order valence-corrected chi connectivity index (χ1v) is 5.18. The third kappa shape index (κ3) is 6.50. The Balaban J connectivity index is 4.61. The zero-order valence-electron chi connectivity index (χ0n) is 10.6. The van der Waals surface area contributed by atoms with Crippen molar-refractivity contribution in [2.75, 3.05) is 0 Å². The molecule has 0 heterocycles. The second-order valence-corrected chi connectivity index (χ2v) is 4.71. The molecule has 0 radical (unpaired) electrons. The van der Waals surface area contributed by atoms with Gasteiger partial charge in [0, 0.05) is 11.5 Å². The third-order valence-corrected chi connectivity index (χ3v) is 1.73. The van der Waals surface area contributed by atoms with E-state index in [1.807, 2.05) is 0 Å². The minimum absolute atomic E-state index is 0.308. The van der Waals surface area contributed by atoms with Gasteiger partial charge in [-0.2, -0.15) is 0 Å². The van der Waals surface area contributed by atoms with Crippen LogP contribution in [0.4, 0.5) is 0 Å². The van der Waals surface area contributed by atoms with E-state index < -0.39 is 23.6 Å². The number of ether oxygens (including phenoxy) is 2. The maximum absolute atomic E-state index is 11.3. The Labute approximate surface area is 101 Å². The van der Waals surface area contributed by atoms with Crippen molar-refractivity contribution in [3.63, 3.8) is 0 Å². The summed E-state index contributed by atoms with van der Waals surface area (Å²) < 4.78 is 9.85. The average molecular weight is 242 g/mol. The lowest BCUT2D eigenvalue weighted by Crippen LogP contribution is -2.36. The normalized spacial score (nSPS) is 12.5. The topological polar surface area (TPSA) is 69.7 Å². The number of hydrogen-bond acceptors (Lipinski definition) is 5. The van der Waals surface area contributed by atoms with Crippen LogP contribution < -0.4 is 0 Å². The van der Waals surface area contributed by atoms with Crippen LogP contribution in [-0.2, 0) is 23.9 Å².